The molecule has 126 valence electrons. The standard InChI is InChI=1S/C18H22N4O2/c1-17(2)15-12(4-3-9-24-15)18(17,19)16(23)22-11-5-6-13-14(10-11)21-8-7-20-13/h5-8,10,12,15H,3-4,9,19H2,1-2H3,(H,22,23). The summed E-state index contributed by atoms with van der Waals surface area (Å²) in [6.07, 6.45) is 5.23. The Labute approximate surface area is 140 Å². The highest BCUT2D eigenvalue weighted by molar-refractivity contribution is 6.01. The Balaban J connectivity index is 1.60. The summed E-state index contributed by atoms with van der Waals surface area (Å²) in [4.78, 5) is 21.5. The SMILES string of the molecule is CC1(C)C2OCCCC2C1(N)C(=O)Nc1ccc2nccnc2c1. The summed E-state index contributed by atoms with van der Waals surface area (Å²) >= 11 is 0. The molecule has 2 aromatic rings. The highest BCUT2D eigenvalue weighted by Crippen LogP contribution is 2.57. The van der Waals surface area contributed by atoms with Crippen LogP contribution in [0.2, 0.25) is 0 Å². The fraction of sp³-hybridized carbons (Fsp3) is 0.500. The van der Waals surface area contributed by atoms with Crippen LogP contribution in [0.1, 0.15) is 26.7 Å². The van der Waals surface area contributed by atoms with Crippen molar-refractivity contribution >= 4 is 22.6 Å². The third-order valence-electron chi connectivity index (χ3n) is 5.79. The van der Waals surface area contributed by atoms with Gasteiger partial charge < -0.3 is 15.8 Å². The van der Waals surface area contributed by atoms with Crippen molar-refractivity contribution in [3.63, 3.8) is 0 Å². The Kier molecular flexibility index (Phi) is 3.37. The number of amides is 1. The molecule has 1 amide bonds. The number of nitrogens with one attached hydrogen (secondary N) is 1. The van der Waals surface area contributed by atoms with Gasteiger partial charge in [0.05, 0.1) is 17.1 Å². The van der Waals surface area contributed by atoms with Crippen LogP contribution < -0.4 is 11.1 Å². The summed E-state index contributed by atoms with van der Waals surface area (Å²) in [5, 5.41) is 2.98. The van der Waals surface area contributed by atoms with Gasteiger partial charge in [0.15, 0.2) is 0 Å². The van der Waals surface area contributed by atoms with E-state index in [1.807, 2.05) is 32.0 Å². The molecule has 24 heavy (non-hydrogen) atoms. The number of aromatic nitrogens is 2. The van der Waals surface area contributed by atoms with Gasteiger partial charge in [-0.25, -0.2) is 0 Å². The largest absolute Gasteiger partial charge is 0.377 e. The third-order valence-corrected chi connectivity index (χ3v) is 5.79. The number of hydrogen-bond donors (Lipinski definition) is 2. The molecule has 0 bridgehead atoms. The molecule has 1 aliphatic carbocycles. The van der Waals surface area contributed by atoms with E-state index < -0.39 is 11.0 Å². The van der Waals surface area contributed by atoms with E-state index in [1.165, 1.54) is 0 Å². The maximum atomic E-state index is 13.0. The van der Waals surface area contributed by atoms with Crippen LogP contribution in [0.15, 0.2) is 30.6 Å². The van der Waals surface area contributed by atoms with Crippen LogP contribution >= 0.6 is 0 Å². The van der Waals surface area contributed by atoms with Crippen LogP contribution in [0, 0.1) is 11.3 Å². The molecule has 1 saturated carbocycles. The topological polar surface area (TPSA) is 90.1 Å². The van der Waals surface area contributed by atoms with Gasteiger partial charge in [0, 0.05) is 36.0 Å². The molecule has 2 heterocycles. The van der Waals surface area contributed by atoms with Gasteiger partial charge in [-0.3, -0.25) is 14.8 Å². The minimum absolute atomic E-state index is 0.0597. The van der Waals surface area contributed by atoms with Crippen molar-refractivity contribution < 1.29 is 9.53 Å². The first kappa shape index (κ1) is 15.5. The van der Waals surface area contributed by atoms with Crippen molar-refractivity contribution in [3.8, 4) is 0 Å². The molecule has 4 rings (SSSR count). The molecule has 2 fully saturated rings. The number of nitrogens with zero attached hydrogens (tertiary/aromatic N) is 2. The zero-order valence-electron chi connectivity index (χ0n) is 14.0. The molecular formula is C18H22N4O2. The highest BCUT2D eigenvalue weighted by Gasteiger charge is 2.70. The van der Waals surface area contributed by atoms with E-state index in [2.05, 4.69) is 15.3 Å². The third kappa shape index (κ3) is 1.99. The Bertz CT molecular complexity index is 806. The summed E-state index contributed by atoms with van der Waals surface area (Å²) < 4.78 is 5.87. The summed E-state index contributed by atoms with van der Waals surface area (Å²) in [7, 11) is 0. The number of benzene rings is 1. The van der Waals surface area contributed by atoms with Crippen molar-refractivity contribution in [2.75, 3.05) is 11.9 Å². The number of rotatable bonds is 2. The number of fused-ring (bicyclic) bond motifs is 2. The molecule has 2 aliphatic rings. The van der Waals surface area contributed by atoms with Crippen molar-refractivity contribution in [1.82, 2.24) is 9.97 Å². The average Bonchev–Trinajstić information content (AvgIpc) is 2.60. The van der Waals surface area contributed by atoms with Gasteiger partial charge in [0.25, 0.3) is 0 Å². The lowest BCUT2D eigenvalue weighted by Crippen LogP contribution is -2.81. The lowest BCUT2D eigenvalue weighted by Gasteiger charge is -2.65. The first-order valence-electron chi connectivity index (χ1n) is 8.37. The predicted octanol–water partition coefficient (Wildman–Crippen LogP) is 2.10. The van der Waals surface area contributed by atoms with Crippen LogP contribution in [0.3, 0.4) is 0 Å². The van der Waals surface area contributed by atoms with Gasteiger partial charge in [-0.15, -0.1) is 0 Å². The van der Waals surface area contributed by atoms with Gasteiger partial charge in [0.2, 0.25) is 5.91 Å². The van der Waals surface area contributed by atoms with E-state index in [-0.39, 0.29) is 17.9 Å². The maximum absolute atomic E-state index is 13.0. The summed E-state index contributed by atoms with van der Waals surface area (Å²) in [5.74, 6) is -0.0796. The van der Waals surface area contributed by atoms with Gasteiger partial charge in [0.1, 0.15) is 5.54 Å². The second-order valence-electron chi connectivity index (χ2n) is 7.34. The zero-order valence-corrected chi connectivity index (χ0v) is 14.0. The van der Waals surface area contributed by atoms with Crippen molar-refractivity contribution in [3.05, 3.63) is 30.6 Å². The number of ether oxygens (including phenoxy) is 1. The van der Waals surface area contributed by atoms with Gasteiger partial charge in [-0.05, 0) is 31.0 Å². The fourth-order valence-electron chi connectivity index (χ4n) is 4.31. The molecule has 3 unspecified atom stereocenters. The minimum atomic E-state index is -0.921. The molecule has 3 N–H and O–H groups in total. The van der Waals surface area contributed by atoms with Crippen molar-refractivity contribution in [2.24, 2.45) is 17.1 Å². The molecule has 6 nitrogen and oxygen atoms in total. The number of nitrogens with two attached hydrogens (primary N) is 1. The van der Waals surface area contributed by atoms with Crippen molar-refractivity contribution in [2.45, 2.75) is 38.3 Å². The molecule has 3 atom stereocenters. The predicted molar refractivity (Wildman–Crippen MR) is 91.3 cm³/mol. The molecule has 1 aromatic heterocycles. The lowest BCUT2D eigenvalue weighted by molar-refractivity contribution is -0.222. The van der Waals surface area contributed by atoms with E-state index in [9.17, 15) is 4.79 Å². The molecule has 1 aliphatic heterocycles. The lowest BCUT2D eigenvalue weighted by atomic mass is 9.46. The Morgan fingerprint density at radius 1 is 1.29 bits per heavy atom. The number of carbonyl (C=O) groups is 1. The second kappa shape index (κ2) is 5.22. The van der Waals surface area contributed by atoms with Crippen LogP contribution in [0.5, 0.6) is 0 Å². The normalized spacial score (nSPS) is 31.1. The van der Waals surface area contributed by atoms with E-state index in [0.717, 1.165) is 30.5 Å². The summed E-state index contributed by atoms with van der Waals surface area (Å²) in [5.41, 5.74) is 7.53. The Morgan fingerprint density at radius 2 is 2.04 bits per heavy atom. The number of carbonyl (C=O) groups excluding carboxylic acids is 1. The second-order valence-corrected chi connectivity index (χ2v) is 7.34. The molecule has 1 saturated heterocycles. The quantitative estimate of drug-likeness (QED) is 0.882. The summed E-state index contributed by atoms with van der Waals surface area (Å²) in [6.45, 7) is 4.79. The first-order chi connectivity index (χ1) is 11.4. The van der Waals surface area contributed by atoms with E-state index >= 15 is 0 Å². The summed E-state index contributed by atoms with van der Waals surface area (Å²) in [6, 6.07) is 5.50. The van der Waals surface area contributed by atoms with E-state index in [0.29, 0.717) is 5.69 Å². The molecule has 1 aromatic carbocycles. The van der Waals surface area contributed by atoms with E-state index in [1.54, 1.807) is 12.4 Å². The highest BCUT2D eigenvalue weighted by atomic mass is 16.5. The smallest absolute Gasteiger partial charge is 0.245 e. The molecule has 0 radical (unpaired) electrons. The number of hydrogen-bond acceptors (Lipinski definition) is 5. The number of anilines is 1. The van der Waals surface area contributed by atoms with Crippen LogP contribution in [0.4, 0.5) is 5.69 Å². The average molecular weight is 326 g/mol. The Hall–Kier alpha value is -2.05. The maximum Gasteiger partial charge on any atom is 0.245 e. The minimum Gasteiger partial charge on any atom is -0.377 e. The first-order valence-corrected chi connectivity index (χ1v) is 8.37. The molecule has 6 heteroatoms. The monoisotopic (exact) mass is 326 g/mol. The van der Waals surface area contributed by atoms with E-state index in [4.69, 9.17) is 10.5 Å². The van der Waals surface area contributed by atoms with Crippen molar-refractivity contribution in [1.29, 1.82) is 0 Å². The Morgan fingerprint density at radius 3 is 2.83 bits per heavy atom. The molecule has 0 spiro atoms. The van der Waals surface area contributed by atoms with Gasteiger partial charge >= 0.3 is 0 Å². The van der Waals surface area contributed by atoms with Crippen LogP contribution in [-0.2, 0) is 9.53 Å². The zero-order chi connectivity index (χ0) is 16.9. The van der Waals surface area contributed by atoms with Gasteiger partial charge in [-0.2, -0.15) is 0 Å². The van der Waals surface area contributed by atoms with Crippen LogP contribution in [0.25, 0.3) is 11.0 Å². The fourth-order valence-corrected chi connectivity index (χ4v) is 4.31. The molecular weight excluding hydrogens is 304 g/mol. The van der Waals surface area contributed by atoms with Gasteiger partial charge in [-0.1, -0.05) is 13.8 Å². The van der Waals surface area contributed by atoms with Crippen LogP contribution in [-0.4, -0.2) is 34.1 Å².